The van der Waals surface area contributed by atoms with Crippen LogP contribution in [0.3, 0.4) is 0 Å². The van der Waals surface area contributed by atoms with E-state index in [4.69, 9.17) is 56.8 Å². The van der Waals surface area contributed by atoms with Gasteiger partial charge in [-0.15, -0.1) is 0 Å². The molecule has 0 radical (unpaired) electrons. The fraction of sp³-hybridized carbons (Fsp3) is 0.841. The molecule has 0 aromatic heterocycles. The Hall–Kier alpha value is -2.51. The van der Waals surface area contributed by atoms with Gasteiger partial charge in [0.1, 0.15) is 19.0 Å². The van der Waals surface area contributed by atoms with E-state index in [9.17, 15) is 14.9 Å². The second-order valence-electron chi connectivity index (χ2n) is 13.9. The SMILES string of the molecule is CCCCCCCCCCCCCCCC(=O)OCCOCCOCCOCCOCCOCCOCCOCCOCCOCCOCCOc1ccc([N+](=O)[O-])cc1. The average molecular weight is 862 g/mol. The molecule has 1 aromatic rings. The van der Waals surface area contributed by atoms with E-state index in [0.717, 1.165) is 12.8 Å². The standard InChI is InChI=1S/C44H79NO15/c1-2-3-4-5-6-7-8-9-10-11-12-13-14-15-44(46)60-41-39-58-37-35-56-33-31-54-29-27-52-25-23-50-21-20-49-22-24-51-26-28-53-30-32-55-34-36-57-38-40-59-43-18-16-42(17-19-43)45(47)48/h16-19H,2-15,20-41H2,1H3. The van der Waals surface area contributed by atoms with Gasteiger partial charge in [0.2, 0.25) is 0 Å². The van der Waals surface area contributed by atoms with Gasteiger partial charge in [-0.25, -0.2) is 0 Å². The van der Waals surface area contributed by atoms with Crippen LogP contribution in [0.5, 0.6) is 5.75 Å². The second kappa shape index (κ2) is 46.0. The summed E-state index contributed by atoms with van der Waals surface area (Å²) in [4.78, 5) is 22.1. The normalized spacial score (nSPS) is 11.3. The molecular formula is C44H79NO15. The molecule has 0 aliphatic carbocycles. The first-order chi connectivity index (χ1) is 29.6. The molecule has 0 saturated heterocycles. The van der Waals surface area contributed by atoms with E-state index in [-0.39, 0.29) is 18.3 Å². The third-order valence-electron chi connectivity index (χ3n) is 8.87. The van der Waals surface area contributed by atoms with Gasteiger partial charge in [-0.1, -0.05) is 84.0 Å². The Morgan fingerprint density at radius 3 is 1.02 bits per heavy atom. The molecule has 1 rings (SSSR count). The first kappa shape index (κ1) is 55.5. The van der Waals surface area contributed by atoms with E-state index in [1.54, 1.807) is 12.1 Å². The van der Waals surface area contributed by atoms with Crippen molar-refractivity contribution < 1.29 is 66.6 Å². The smallest absolute Gasteiger partial charge is 0.305 e. The van der Waals surface area contributed by atoms with E-state index in [2.05, 4.69) is 6.92 Å². The predicted molar refractivity (Wildman–Crippen MR) is 228 cm³/mol. The van der Waals surface area contributed by atoms with E-state index >= 15 is 0 Å². The van der Waals surface area contributed by atoms with Crippen molar-refractivity contribution in [2.24, 2.45) is 0 Å². The maximum absolute atomic E-state index is 11.9. The van der Waals surface area contributed by atoms with Crippen LogP contribution in [0.4, 0.5) is 5.69 Å². The number of nitrogens with zero attached hydrogens (tertiary/aromatic N) is 1. The number of nitro groups is 1. The minimum Gasteiger partial charge on any atom is -0.491 e. The number of unbranched alkanes of at least 4 members (excludes halogenated alkanes) is 12. The minimum atomic E-state index is -0.452. The van der Waals surface area contributed by atoms with Crippen molar-refractivity contribution in [3.05, 3.63) is 34.4 Å². The van der Waals surface area contributed by atoms with Crippen molar-refractivity contribution in [1.29, 1.82) is 0 Å². The lowest BCUT2D eigenvalue weighted by Gasteiger charge is -2.09. The van der Waals surface area contributed by atoms with Gasteiger partial charge in [0.15, 0.2) is 0 Å². The number of non-ortho nitro benzene ring substituents is 1. The topological polar surface area (TPSA) is 171 Å². The molecule has 0 bridgehead atoms. The Kier molecular flexibility index (Phi) is 42.6. The van der Waals surface area contributed by atoms with E-state index in [0.29, 0.717) is 151 Å². The molecule has 0 spiro atoms. The molecular weight excluding hydrogens is 782 g/mol. The highest BCUT2D eigenvalue weighted by Crippen LogP contribution is 2.17. The number of ether oxygens (including phenoxy) is 12. The Balaban J connectivity index is 1.65. The predicted octanol–water partition coefficient (Wildman–Crippen LogP) is 7.16. The lowest BCUT2D eigenvalue weighted by Crippen LogP contribution is -2.15. The van der Waals surface area contributed by atoms with Crippen LogP contribution >= 0.6 is 0 Å². The first-order valence-electron chi connectivity index (χ1n) is 22.4. The molecule has 0 N–H and O–H groups in total. The van der Waals surface area contributed by atoms with Gasteiger partial charge in [0.25, 0.3) is 5.69 Å². The zero-order valence-electron chi connectivity index (χ0n) is 36.8. The summed E-state index contributed by atoms with van der Waals surface area (Å²) in [6.45, 7) is 12.1. The lowest BCUT2D eigenvalue weighted by molar-refractivity contribution is -0.384. The number of nitro benzene ring substituents is 1. The van der Waals surface area contributed by atoms with Crippen LogP contribution in [0.25, 0.3) is 0 Å². The zero-order valence-corrected chi connectivity index (χ0v) is 36.8. The van der Waals surface area contributed by atoms with Crippen molar-refractivity contribution >= 4 is 11.7 Å². The van der Waals surface area contributed by atoms with Crippen molar-refractivity contribution in [3.63, 3.8) is 0 Å². The highest BCUT2D eigenvalue weighted by Gasteiger charge is 2.05. The number of carbonyl (C=O) groups excluding carboxylic acids is 1. The Morgan fingerprint density at radius 2 is 0.700 bits per heavy atom. The lowest BCUT2D eigenvalue weighted by atomic mass is 10.0. The molecule has 0 aliphatic rings. The summed E-state index contributed by atoms with van der Waals surface area (Å²) in [5.74, 6) is 0.415. The molecule has 16 nitrogen and oxygen atoms in total. The van der Waals surface area contributed by atoms with Crippen LogP contribution in [-0.4, -0.2) is 156 Å². The molecule has 0 heterocycles. The van der Waals surface area contributed by atoms with Gasteiger partial charge in [-0.3, -0.25) is 14.9 Å². The summed E-state index contributed by atoms with van der Waals surface area (Å²) in [5.41, 5.74) is 0.0236. The highest BCUT2D eigenvalue weighted by atomic mass is 16.6. The van der Waals surface area contributed by atoms with Crippen LogP contribution in [-0.2, 0) is 56.9 Å². The fourth-order valence-corrected chi connectivity index (χ4v) is 5.54. The minimum absolute atomic E-state index is 0.0236. The van der Waals surface area contributed by atoms with Crippen molar-refractivity contribution in [2.45, 2.75) is 96.8 Å². The molecule has 0 fully saturated rings. The Bertz CT molecular complexity index is 1050. The summed E-state index contributed by atoms with van der Waals surface area (Å²) in [6, 6.07) is 5.91. The highest BCUT2D eigenvalue weighted by molar-refractivity contribution is 5.69. The monoisotopic (exact) mass is 862 g/mol. The van der Waals surface area contributed by atoms with E-state index in [1.807, 2.05) is 0 Å². The molecule has 60 heavy (non-hydrogen) atoms. The molecule has 1 aromatic carbocycles. The summed E-state index contributed by atoms with van der Waals surface area (Å²) in [7, 11) is 0. The molecule has 16 heteroatoms. The molecule has 0 aliphatic heterocycles. The Labute approximate surface area is 359 Å². The molecule has 0 unspecified atom stereocenters. The third-order valence-corrected chi connectivity index (χ3v) is 8.87. The van der Waals surface area contributed by atoms with Crippen LogP contribution in [0.2, 0.25) is 0 Å². The zero-order chi connectivity index (χ0) is 43.1. The number of carbonyl (C=O) groups is 1. The van der Waals surface area contributed by atoms with Crippen LogP contribution in [0, 0.1) is 10.1 Å². The maximum atomic E-state index is 11.9. The number of hydrogen-bond acceptors (Lipinski definition) is 15. The molecule has 0 atom stereocenters. The molecule has 350 valence electrons. The largest absolute Gasteiger partial charge is 0.491 e. The fourth-order valence-electron chi connectivity index (χ4n) is 5.54. The van der Waals surface area contributed by atoms with Gasteiger partial charge in [0.05, 0.1) is 137 Å². The quantitative estimate of drug-likeness (QED) is 0.0279. The number of hydrogen-bond donors (Lipinski definition) is 0. The summed E-state index contributed by atoms with van der Waals surface area (Å²) >= 11 is 0. The Morgan fingerprint density at radius 1 is 0.417 bits per heavy atom. The van der Waals surface area contributed by atoms with Crippen molar-refractivity contribution in [1.82, 2.24) is 0 Å². The van der Waals surface area contributed by atoms with Crippen molar-refractivity contribution in [2.75, 3.05) is 145 Å². The third kappa shape index (κ3) is 40.9. The number of rotatable bonds is 49. The van der Waals surface area contributed by atoms with Gasteiger partial charge in [-0.05, 0) is 18.6 Å². The van der Waals surface area contributed by atoms with Gasteiger partial charge in [-0.2, -0.15) is 0 Å². The summed E-state index contributed by atoms with van der Waals surface area (Å²) < 4.78 is 65.6. The van der Waals surface area contributed by atoms with Gasteiger partial charge >= 0.3 is 5.97 Å². The maximum Gasteiger partial charge on any atom is 0.305 e. The van der Waals surface area contributed by atoms with Crippen LogP contribution < -0.4 is 4.74 Å². The van der Waals surface area contributed by atoms with Gasteiger partial charge in [0, 0.05) is 18.6 Å². The summed E-state index contributed by atoms with van der Waals surface area (Å²) in [5, 5.41) is 10.7. The number of esters is 1. The molecule has 0 saturated carbocycles. The van der Waals surface area contributed by atoms with Crippen LogP contribution in [0.15, 0.2) is 24.3 Å². The van der Waals surface area contributed by atoms with Crippen molar-refractivity contribution in [3.8, 4) is 5.75 Å². The van der Waals surface area contributed by atoms with Crippen LogP contribution in [0.1, 0.15) is 96.8 Å². The number of benzene rings is 1. The summed E-state index contributed by atoms with van der Waals surface area (Å²) in [6.07, 6.45) is 17.2. The first-order valence-corrected chi connectivity index (χ1v) is 22.4. The second-order valence-corrected chi connectivity index (χ2v) is 13.9. The van der Waals surface area contributed by atoms with E-state index < -0.39 is 4.92 Å². The van der Waals surface area contributed by atoms with E-state index in [1.165, 1.54) is 82.8 Å². The van der Waals surface area contributed by atoms with Gasteiger partial charge < -0.3 is 56.8 Å². The molecule has 0 amide bonds. The average Bonchev–Trinajstić information content (AvgIpc) is 3.25.